The van der Waals surface area contributed by atoms with Gasteiger partial charge in [-0.1, -0.05) is 6.07 Å². The van der Waals surface area contributed by atoms with Crippen LogP contribution in [0, 0.1) is 17.0 Å². The first-order chi connectivity index (χ1) is 9.90. The minimum Gasteiger partial charge on any atom is -0.379 e. The number of aromatic nitrogens is 2. The maximum absolute atomic E-state index is 10.8. The summed E-state index contributed by atoms with van der Waals surface area (Å²) in [5.74, 6) is 0.863. The van der Waals surface area contributed by atoms with E-state index in [0.717, 1.165) is 22.9 Å². The standard InChI is InChI=1S/C14H19N5O2/c1-10-5-6-11(19(20)21)7-13(10)15-8-12-9-16-14(17(2)3)18(12)4/h5-7,9,15H,8H2,1-4H3. The number of aryl methyl sites for hydroxylation is 1. The SMILES string of the molecule is Cc1ccc([N+](=O)[O-])cc1NCc1cnc(N(C)C)n1C. The van der Waals surface area contributed by atoms with Crippen LogP contribution in [0.3, 0.4) is 0 Å². The molecular weight excluding hydrogens is 270 g/mol. The highest BCUT2D eigenvalue weighted by Gasteiger charge is 2.11. The summed E-state index contributed by atoms with van der Waals surface area (Å²) in [5.41, 5.74) is 2.82. The second-order valence-electron chi connectivity index (χ2n) is 5.11. The number of hydrogen-bond donors (Lipinski definition) is 1. The Balaban J connectivity index is 2.16. The quantitative estimate of drug-likeness (QED) is 0.675. The third-order valence-corrected chi connectivity index (χ3v) is 3.35. The Hall–Kier alpha value is -2.57. The molecule has 1 N–H and O–H groups in total. The number of imidazole rings is 1. The summed E-state index contributed by atoms with van der Waals surface area (Å²) in [6.45, 7) is 2.47. The van der Waals surface area contributed by atoms with Crippen molar-refractivity contribution in [3.63, 3.8) is 0 Å². The third-order valence-electron chi connectivity index (χ3n) is 3.35. The Morgan fingerprint density at radius 1 is 1.43 bits per heavy atom. The lowest BCUT2D eigenvalue weighted by atomic mass is 10.2. The van der Waals surface area contributed by atoms with Crippen LogP contribution in [0.2, 0.25) is 0 Å². The van der Waals surface area contributed by atoms with Crippen LogP contribution in [0.5, 0.6) is 0 Å². The molecule has 2 aromatic rings. The van der Waals surface area contributed by atoms with Crippen molar-refractivity contribution < 1.29 is 4.92 Å². The molecule has 1 aromatic carbocycles. The van der Waals surface area contributed by atoms with Gasteiger partial charge in [-0.2, -0.15) is 0 Å². The molecule has 0 atom stereocenters. The van der Waals surface area contributed by atoms with Crippen molar-refractivity contribution >= 4 is 17.3 Å². The van der Waals surface area contributed by atoms with Crippen molar-refractivity contribution in [1.82, 2.24) is 9.55 Å². The summed E-state index contributed by atoms with van der Waals surface area (Å²) < 4.78 is 1.99. The van der Waals surface area contributed by atoms with Gasteiger partial charge in [-0.25, -0.2) is 4.98 Å². The maximum atomic E-state index is 10.8. The summed E-state index contributed by atoms with van der Waals surface area (Å²) in [6.07, 6.45) is 1.80. The molecule has 0 amide bonds. The summed E-state index contributed by atoms with van der Waals surface area (Å²) >= 11 is 0. The Labute approximate surface area is 123 Å². The first-order valence-corrected chi connectivity index (χ1v) is 6.57. The van der Waals surface area contributed by atoms with Gasteiger partial charge in [0.25, 0.3) is 5.69 Å². The largest absolute Gasteiger partial charge is 0.379 e. The molecular formula is C14H19N5O2. The van der Waals surface area contributed by atoms with Crippen LogP contribution in [0.4, 0.5) is 17.3 Å². The Kier molecular flexibility index (Phi) is 4.11. The fourth-order valence-corrected chi connectivity index (χ4v) is 2.11. The number of non-ortho nitro benzene ring substituents is 1. The monoisotopic (exact) mass is 289 g/mol. The summed E-state index contributed by atoms with van der Waals surface area (Å²) in [6, 6.07) is 4.81. The zero-order valence-electron chi connectivity index (χ0n) is 12.6. The molecule has 0 radical (unpaired) electrons. The molecule has 112 valence electrons. The van der Waals surface area contributed by atoms with Gasteiger partial charge in [0.1, 0.15) is 0 Å². The fraction of sp³-hybridized carbons (Fsp3) is 0.357. The highest BCUT2D eigenvalue weighted by Crippen LogP contribution is 2.22. The van der Waals surface area contributed by atoms with E-state index in [1.54, 1.807) is 18.3 Å². The minimum atomic E-state index is -0.390. The lowest BCUT2D eigenvalue weighted by molar-refractivity contribution is -0.384. The van der Waals surface area contributed by atoms with Crippen LogP contribution in [0.1, 0.15) is 11.3 Å². The molecule has 0 bridgehead atoms. The van der Waals surface area contributed by atoms with Gasteiger partial charge in [0.05, 0.1) is 23.4 Å². The highest BCUT2D eigenvalue weighted by atomic mass is 16.6. The normalized spacial score (nSPS) is 10.5. The van der Waals surface area contributed by atoms with Gasteiger partial charge in [-0.05, 0) is 12.5 Å². The molecule has 0 aliphatic carbocycles. The van der Waals surface area contributed by atoms with E-state index in [-0.39, 0.29) is 5.69 Å². The van der Waals surface area contributed by atoms with Crippen LogP contribution in [0.25, 0.3) is 0 Å². The van der Waals surface area contributed by atoms with Gasteiger partial charge in [-0.15, -0.1) is 0 Å². The topological polar surface area (TPSA) is 76.2 Å². The van der Waals surface area contributed by atoms with E-state index in [4.69, 9.17) is 0 Å². The third kappa shape index (κ3) is 3.13. The van der Waals surface area contributed by atoms with Crippen LogP contribution in [0.15, 0.2) is 24.4 Å². The predicted molar refractivity (Wildman–Crippen MR) is 82.7 cm³/mol. The molecule has 1 aromatic heterocycles. The molecule has 0 spiro atoms. The van der Waals surface area contributed by atoms with Crippen LogP contribution < -0.4 is 10.2 Å². The number of anilines is 2. The number of nitro groups is 1. The summed E-state index contributed by atoms with van der Waals surface area (Å²) in [5, 5.41) is 14.1. The van der Waals surface area contributed by atoms with E-state index >= 15 is 0 Å². The zero-order chi connectivity index (χ0) is 15.6. The number of benzene rings is 1. The van der Waals surface area contributed by atoms with Crippen molar-refractivity contribution in [2.24, 2.45) is 7.05 Å². The van der Waals surface area contributed by atoms with Gasteiger partial charge in [0.2, 0.25) is 5.95 Å². The second kappa shape index (κ2) is 5.82. The van der Waals surface area contributed by atoms with Crippen molar-refractivity contribution in [2.75, 3.05) is 24.3 Å². The summed E-state index contributed by atoms with van der Waals surface area (Å²) in [4.78, 5) is 16.7. The molecule has 1 heterocycles. The molecule has 0 fully saturated rings. The van der Waals surface area contributed by atoms with Crippen LogP contribution in [-0.4, -0.2) is 28.6 Å². The number of nitrogens with zero attached hydrogens (tertiary/aromatic N) is 4. The first kappa shape index (κ1) is 14.8. The van der Waals surface area contributed by atoms with E-state index in [1.165, 1.54) is 6.07 Å². The molecule has 0 saturated carbocycles. The van der Waals surface area contributed by atoms with Gasteiger partial charge in [0, 0.05) is 39.0 Å². The van der Waals surface area contributed by atoms with Gasteiger partial charge >= 0.3 is 0 Å². The van der Waals surface area contributed by atoms with E-state index in [2.05, 4.69) is 10.3 Å². The lowest BCUT2D eigenvalue weighted by Gasteiger charge is -2.13. The molecule has 7 heteroatoms. The van der Waals surface area contributed by atoms with E-state index in [9.17, 15) is 10.1 Å². The van der Waals surface area contributed by atoms with Gasteiger partial charge < -0.3 is 14.8 Å². The minimum absolute atomic E-state index is 0.0853. The lowest BCUT2D eigenvalue weighted by Crippen LogP contribution is -2.15. The van der Waals surface area contributed by atoms with Crippen LogP contribution >= 0.6 is 0 Å². The number of rotatable bonds is 5. The molecule has 0 saturated heterocycles. The van der Waals surface area contributed by atoms with E-state index < -0.39 is 4.92 Å². The average molecular weight is 289 g/mol. The number of nitro benzene ring substituents is 1. The Morgan fingerprint density at radius 2 is 2.14 bits per heavy atom. The zero-order valence-corrected chi connectivity index (χ0v) is 12.6. The molecule has 21 heavy (non-hydrogen) atoms. The van der Waals surface area contributed by atoms with E-state index in [1.807, 2.05) is 37.5 Å². The molecule has 0 aliphatic rings. The Morgan fingerprint density at radius 3 is 2.71 bits per heavy atom. The average Bonchev–Trinajstić information content (AvgIpc) is 2.79. The van der Waals surface area contributed by atoms with Crippen molar-refractivity contribution in [3.05, 3.63) is 45.8 Å². The van der Waals surface area contributed by atoms with Crippen molar-refractivity contribution in [2.45, 2.75) is 13.5 Å². The van der Waals surface area contributed by atoms with Gasteiger partial charge in [0.15, 0.2) is 0 Å². The fourth-order valence-electron chi connectivity index (χ4n) is 2.11. The smallest absolute Gasteiger partial charge is 0.271 e. The molecule has 2 rings (SSSR count). The maximum Gasteiger partial charge on any atom is 0.271 e. The van der Waals surface area contributed by atoms with Crippen molar-refractivity contribution in [3.8, 4) is 0 Å². The van der Waals surface area contributed by atoms with Crippen LogP contribution in [-0.2, 0) is 13.6 Å². The van der Waals surface area contributed by atoms with Gasteiger partial charge in [-0.3, -0.25) is 10.1 Å². The predicted octanol–water partition coefficient (Wildman–Crippen LogP) is 2.31. The molecule has 7 nitrogen and oxygen atoms in total. The molecule has 0 unspecified atom stereocenters. The highest BCUT2D eigenvalue weighted by molar-refractivity contribution is 5.56. The number of hydrogen-bond acceptors (Lipinski definition) is 5. The first-order valence-electron chi connectivity index (χ1n) is 6.57. The molecule has 0 aliphatic heterocycles. The van der Waals surface area contributed by atoms with Crippen molar-refractivity contribution in [1.29, 1.82) is 0 Å². The summed E-state index contributed by atoms with van der Waals surface area (Å²) in [7, 11) is 5.81. The number of nitrogens with one attached hydrogen (secondary N) is 1. The van der Waals surface area contributed by atoms with E-state index in [0.29, 0.717) is 6.54 Å². The second-order valence-corrected chi connectivity index (χ2v) is 5.11. The Bertz CT molecular complexity index is 663.